The molecule has 0 N–H and O–H groups in total. The molecule has 0 unspecified atom stereocenters. The maximum Gasteiger partial charge on any atom is 0.318 e. The van der Waals surface area contributed by atoms with Crippen LogP contribution in [-0.2, 0) is 9.53 Å². The molecule has 1 aliphatic heterocycles. The van der Waals surface area contributed by atoms with Crippen LogP contribution in [0.3, 0.4) is 0 Å². The smallest absolute Gasteiger partial charge is 0.318 e. The summed E-state index contributed by atoms with van der Waals surface area (Å²) in [5.74, 6) is 0.313. The number of carbonyl (C=O) groups is 1. The van der Waals surface area contributed by atoms with Crippen LogP contribution in [0, 0.1) is 5.92 Å². The van der Waals surface area contributed by atoms with E-state index in [0.717, 1.165) is 18.4 Å². The summed E-state index contributed by atoms with van der Waals surface area (Å²) in [6.07, 6.45) is 1.47. The number of carbonyl (C=O) groups excluding carboxylic acids is 1. The van der Waals surface area contributed by atoms with Crippen LogP contribution in [0.25, 0.3) is 11.5 Å². The number of hydrogen-bond acceptors (Lipinski definition) is 6. The van der Waals surface area contributed by atoms with Gasteiger partial charge in [0.05, 0.1) is 12.5 Å². The van der Waals surface area contributed by atoms with Gasteiger partial charge in [-0.2, -0.15) is 0 Å². The molecule has 7 heteroatoms. The van der Waals surface area contributed by atoms with Crippen molar-refractivity contribution in [1.29, 1.82) is 0 Å². The van der Waals surface area contributed by atoms with E-state index in [2.05, 4.69) is 10.2 Å². The maximum atomic E-state index is 11.8. The number of piperidine rings is 1. The van der Waals surface area contributed by atoms with Crippen molar-refractivity contribution in [3.63, 3.8) is 0 Å². The summed E-state index contributed by atoms with van der Waals surface area (Å²) in [5, 5.41) is 8.85. The van der Waals surface area contributed by atoms with Gasteiger partial charge in [-0.05, 0) is 44.0 Å². The molecule has 23 heavy (non-hydrogen) atoms. The van der Waals surface area contributed by atoms with Crippen molar-refractivity contribution >= 4 is 23.6 Å². The standard InChI is InChI=1S/C16H18ClN3O3/c1-2-22-15(21)12-7-9-20(10-8-12)16-19-18-14(23-16)11-3-5-13(17)6-4-11/h3-6,12H,2,7-10H2,1H3. The topological polar surface area (TPSA) is 68.5 Å². The zero-order chi connectivity index (χ0) is 16.2. The highest BCUT2D eigenvalue weighted by Gasteiger charge is 2.28. The van der Waals surface area contributed by atoms with Gasteiger partial charge < -0.3 is 14.1 Å². The summed E-state index contributed by atoms with van der Waals surface area (Å²) in [4.78, 5) is 13.8. The summed E-state index contributed by atoms with van der Waals surface area (Å²) < 4.78 is 10.8. The Morgan fingerprint density at radius 3 is 2.65 bits per heavy atom. The van der Waals surface area contributed by atoms with Gasteiger partial charge in [0.15, 0.2) is 0 Å². The lowest BCUT2D eigenvalue weighted by Crippen LogP contribution is -2.37. The summed E-state index contributed by atoms with van der Waals surface area (Å²) in [7, 11) is 0. The molecule has 1 aromatic carbocycles. The number of benzene rings is 1. The predicted molar refractivity (Wildman–Crippen MR) is 86.3 cm³/mol. The minimum atomic E-state index is -0.112. The van der Waals surface area contributed by atoms with Crippen LogP contribution in [0.4, 0.5) is 6.01 Å². The Labute approximate surface area is 139 Å². The lowest BCUT2D eigenvalue weighted by molar-refractivity contribution is -0.148. The fourth-order valence-corrected chi connectivity index (χ4v) is 2.74. The van der Waals surface area contributed by atoms with Crippen LogP contribution >= 0.6 is 11.6 Å². The van der Waals surface area contributed by atoms with Crippen molar-refractivity contribution in [1.82, 2.24) is 10.2 Å². The number of anilines is 1. The fraction of sp³-hybridized carbons (Fsp3) is 0.438. The highest BCUT2D eigenvalue weighted by molar-refractivity contribution is 6.30. The van der Waals surface area contributed by atoms with E-state index < -0.39 is 0 Å². The Morgan fingerprint density at radius 2 is 2.00 bits per heavy atom. The van der Waals surface area contributed by atoms with Crippen molar-refractivity contribution in [2.45, 2.75) is 19.8 Å². The highest BCUT2D eigenvalue weighted by Crippen LogP contribution is 2.27. The van der Waals surface area contributed by atoms with Gasteiger partial charge in [-0.25, -0.2) is 0 Å². The van der Waals surface area contributed by atoms with E-state index in [1.165, 1.54) is 0 Å². The van der Waals surface area contributed by atoms with Crippen molar-refractivity contribution < 1.29 is 13.9 Å². The fourth-order valence-electron chi connectivity index (χ4n) is 2.62. The second kappa shape index (κ2) is 7.00. The molecule has 0 saturated carbocycles. The molecule has 0 spiro atoms. The van der Waals surface area contributed by atoms with Crippen molar-refractivity contribution in [2.24, 2.45) is 5.92 Å². The monoisotopic (exact) mass is 335 g/mol. The molecule has 122 valence electrons. The van der Waals surface area contributed by atoms with E-state index >= 15 is 0 Å². The Hall–Kier alpha value is -2.08. The summed E-state index contributed by atoms with van der Waals surface area (Å²) in [6.45, 7) is 3.65. The number of ether oxygens (including phenoxy) is 1. The first kappa shape index (κ1) is 15.8. The third kappa shape index (κ3) is 3.64. The Morgan fingerprint density at radius 1 is 1.30 bits per heavy atom. The van der Waals surface area contributed by atoms with Gasteiger partial charge in [-0.3, -0.25) is 4.79 Å². The second-order valence-electron chi connectivity index (χ2n) is 5.41. The number of rotatable bonds is 4. The van der Waals surface area contributed by atoms with E-state index in [1.807, 2.05) is 24.0 Å². The first-order chi connectivity index (χ1) is 11.2. The van der Waals surface area contributed by atoms with Gasteiger partial charge in [0, 0.05) is 23.7 Å². The molecule has 1 aromatic heterocycles. The summed E-state index contributed by atoms with van der Waals surface area (Å²) >= 11 is 5.88. The molecular weight excluding hydrogens is 318 g/mol. The SMILES string of the molecule is CCOC(=O)C1CCN(c2nnc(-c3ccc(Cl)cc3)o2)CC1. The van der Waals surface area contributed by atoms with Crippen LogP contribution in [0.1, 0.15) is 19.8 Å². The molecule has 3 rings (SSSR count). The molecule has 2 aromatic rings. The molecule has 0 amide bonds. The van der Waals surface area contributed by atoms with Gasteiger partial charge in [0.1, 0.15) is 0 Å². The molecule has 0 aliphatic carbocycles. The predicted octanol–water partition coefficient (Wildman–Crippen LogP) is 3.17. The quantitative estimate of drug-likeness (QED) is 0.799. The highest BCUT2D eigenvalue weighted by atomic mass is 35.5. The van der Waals surface area contributed by atoms with Gasteiger partial charge in [-0.15, -0.1) is 5.10 Å². The minimum absolute atomic E-state index is 0.0372. The minimum Gasteiger partial charge on any atom is -0.466 e. The number of hydrogen-bond donors (Lipinski definition) is 0. The van der Waals surface area contributed by atoms with Gasteiger partial charge >= 0.3 is 12.0 Å². The van der Waals surface area contributed by atoms with E-state index in [0.29, 0.717) is 36.6 Å². The van der Waals surface area contributed by atoms with Gasteiger partial charge in [0.2, 0.25) is 5.89 Å². The molecule has 1 fully saturated rings. The van der Waals surface area contributed by atoms with Crippen molar-refractivity contribution in [3.05, 3.63) is 29.3 Å². The Bertz CT molecular complexity index is 663. The lowest BCUT2D eigenvalue weighted by atomic mass is 9.97. The van der Waals surface area contributed by atoms with E-state index in [9.17, 15) is 4.79 Å². The number of aromatic nitrogens is 2. The number of esters is 1. The molecule has 2 heterocycles. The Kier molecular flexibility index (Phi) is 4.81. The largest absolute Gasteiger partial charge is 0.466 e. The normalized spacial score (nSPS) is 15.7. The van der Waals surface area contributed by atoms with Crippen LogP contribution < -0.4 is 4.90 Å². The van der Waals surface area contributed by atoms with E-state index in [4.69, 9.17) is 20.8 Å². The van der Waals surface area contributed by atoms with E-state index in [-0.39, 0.29) is 11.9 Å². The summed E-state index contributed by atoms with van der Waals surface area (Å²) in [5.41, 5.74) is 0.828. The maximum absolute atomic E-state index is 11.8. The average molecular weight is 336 g/mol. The molecule has 0 radical (unpaired) electrons. The summed E-state index contributed by atoms with van der Waals surface area (Å²) in [6, 6.07) is 7.73. The van der Waals surface area contributed by atoms with Crippen LogP contribution in [0.15, 0.2) is 28.7 Å². The molecule has 1 saturated heterocycles. The molecular formula is C16H18ClN3O3. The van der Waals surface area contributed by atoms with Crippen molar-refractivity contribution in [3.8, 4) is 11.5 Å². The molecule has 0 bridgehead atoms. The van der Waals surface area contributed by atoms with Gasteiger partial charge in [-0.1, -0.05) is 16.7 Å². The zero-order valence-corrected chi connectivity index (χ0v) is 13.6. The van der Waals surface area contributed by atoms with Crippen LogP contribution in [0.5, 0.6) is 0 Å². The third-order valence-corrected chi connectivity index (χ3v) is 4.14. The zero-order valence-electron chi connectivity index (χ0n) is 12.9. The second-order valence-corrected chi connectivity index (χ2v) is 5.85. The van der Waals surface area contributed by atoms with Crippen LogP contribution in [0.2, 0.25) is 5.02 Å². The molecule has 1 aliphatic rings. The first-order valence-electron chi connectivity index (χ1n) is 7.68. The number of halogens is 1. The molecule has 6 nitrogen and oxygen atoms in total. The van der Waals surface area contributed by atoms with Crippen LogP contribution in [-0.4, -0.2) is 35.9 Å². The average Bonchev–Trinajstić information content (AvgIpc) is 3.06. The number of nitrogens with zero attached hydrogens (tertiary/aromatic N) is 3. The Balaban J connectivity index is 1.63. The third-order valence-electron chi connectivity index (χ3n) is 3.89. The van der Waals surface area contributed by atoms with Gasteiger partial charge in [0.25, 0.3) is 0 Å². The lowest BCUT2D eigenvalue weighted by Gasteiger charge is -2.29. The first-order valence-corrected chi connectivity index (χ1v) is 8.06. The van der Waals surface area contributed by atoms with Crippen molar-refractivity contribution in [2.75, 3.05) is 24.6 Å². The molecule has 0 atom stereocenters. The van der Waals surface area contributed by atoms with E-state index in [1.54, 1.807) is 12.1 Å².